The molecule has 3 aromatic rings. The number of hydrogen-bond donors (Lipinski definition) is 1. The van der Waals surface area contributed by atoms with E-state index >= 15 is 0 Å². The van der Waals surface area contributed by atoms with Gasteiger partial charge in [-0.05, 0) is 68.5 Å². The standard InChI is InChI=1S/C36H45N3O10/c1-9-47-35(42)39(34(41)31-32(49-36(43)48-10-2)29(46-8)19-20-37-31)28(21-22(3)4)33(40)38-23(5)30(24-11-15-26(44-6)16-12-24)25-13-17-27(45-7)18-14-25/h11-20,22-23,28,30H,9-10,21H2,1-8H3,(H,38,40)/t23-,28-/m0/s1. The lowest BCUT2D eigenvalue weighted by Crippen LogP contribution is -2.55. The van der Waals surface area contributed by atoms with Crippen molar-refractivity contribution in [3.63, 3.8) is 0 Å². The number of methoxy groups -OCH3 is 3. The zero-order chi connectivity index (χ0) is 36.1. The molecular formula is C36H45N3O10. The zero-order valence-electron chi connectivity index (χ0n) is 29.2. The first-order chi connectivity index (χ1) is 23.5. The van der Waals surface area contributed by atoms with E-state index in [1.54, 1.807) is 28.1 Å². The Balaban J connectivity index is 2.08. The molecule has 1 aromatic heterocycles. The van der Waals surface area contributed by atoms with Gasteiger partial charge in [0.2, 0.25) is 11.7 Å². The van der Waals surface area contributed by atoms with Crippen LogP contribution in [0.25, 0.3) is 0 Å². The largest absolute Gasteiger partial charge is 0.514 e. The van der Waals surface area contributed by atoms with Crippen molar-refractivity contribution in [1.29, 1.82) is 0 Å². The van der Waals surface area contributed by atoms with E-state index in [1.807, 2.05) is 69.3 Å². The third-order valence-electron chi connectivity index (χ3n) is 7.55. The Morgan fingerprint density at radius 2 is 1.33 bits per heavy atom. The molecule has 0 aliphatic heterocycles. The second-order valence-corrected chi connectivity index (χ2v) is 11.3. The Morgan fingerprint density at radius 1 is 0.776 bits per heavy atom. The minimum Gasteiger partial charge on any atom is -0.497 e. The predicted octanol–water partition coefficient (Wildman–Crippen LogP) is 5.99. The third-order valence-corrected chi connectivity index (χ3v) is 7.55. The van der Waals surface area contributed by atoms with E-state index in [2.05, 4.69) is 10.3 Å². The molecule has 0 bridgehead atoms. The van der Waals surface area contributed by atoms with Crippen molar-refractivity contribution in [3.05, 3.63) is 77.6 Å². The van der Waals surface area contributed by atoms with Gasteiger partial charge in [0.15, 0.2) is 11.4 Å². The number of ether oxygens (including phenoxy) is 6. The second kappa shape index (κ2) is 18.3. The van der Waals surface area contributed by atoms with E-state index in [9.17, 15) is 19.2 Å². The number of benzene rings is 2. The van der Waals surface area contributed by atoms with Crippen LogP contribution in [0.15, 0.2) is 60.8 Å². The smallest absolute Gasteiger partial charge is 0.497 e. The summed E-state index contributed by atoms with van der Waals surface area (Å²) >= 11 is 0. The number of amides is 3. The maximum atomic E-state index is 14.3. The van der Waals surface area contributed by atoms with Gasteiger partial charge in [-0.3, -0.25) is 9.59 Å². The van der Waals surface area contributed by atoms with E-state index in [0.29, 0.717) is 16.4 Å². The van der Waals surface area contributed by atoms with Crippen LogP contribution in [0.2, 0.25) is 0 Å². The maximum Gasteiger partial charge on any atom is 0.514 e. The Kier molecular flexibility index (Phi) is 14.2. The van der Waals surface area contributed by atoms with Crippen LogP contribution in [0, 0.1) is 5.92 Å². The van der Waals surface area contributed by atoms with Crippen LogP contribution in [-0.2, 0) is 14.3 Å². The van der Waals surface area contributed by atoms with Crippen LogP contribution in [0.5, 0.6) is 23.0 Å². The number of rotatable bonds is 15. The molecule has 1 N–H and O–H groups in total. The van der Waals surface area contributed by atoms with Gasteiger partial charge in [-0.1, -0.05) is 38.1 Å². The fourth-order valence-electron chi connectivity index (χ4n) is 5.30. The SMILES string of the molecule is CCOC(=O)Oc1c(OC)ccnc1C(=O)N(C(=O)OCC)[C@@H](CC(C)C)C(=O)N[C@@H](C)C(c1ccc(OC)cc1)c1ccc(OC)cc1. The van der Waals surface area contributed by atoms with Crippen molar-refractivity contribution in [2.75, 3.05) is 34.5 Å². The molecule has 2 aromatic carbocycles. The van der Waals surface area contributed by atoms with Crippen molar-refractivity contribution < 1.29 is 47.6 Å². The molecule has 2 atom stereocenters. The summed E-state index contributed by atoms with van der Waals surface area (Å²) in [5.74, 6) is -1.19. The highest BCUT2D eigenvalue weighted by Crippen LogP contribution is 2.33. The molecule has 0 fully saturated rings. The van der Waals surface area contributed by atoms with Gasteiger partial charge in [-0.2, -0.15) is 0 Å². The van der Waals surface area contributed by atoms with Crippen LogP contribution in [-0.4, -0.2) is 80.6 Å². The van der Waals surface area contributed by atoms with Gasteiger partial charge < -0.3 is 33.7 Å². The summed E-state index contributed by atoms with van der Waals surface area (Å²) in [7, 11) is 4.47. The lowest BCUT2D eigenvalue weighted by Gasteiger charge is -2.32. The molecule has 264 valence electrons. The summed E-state index contributed by atoms with van der Waals surface area (Å²) in [6, 6.07) is 14.5. The molecule has 3 rings (SSSR count). The van der Waals surface area contributed by atoms with Crippen molar-refractivity contribution >= 4 is 24.1 Å². The van der Waals surface area contributed by atoms with Crippen molar-refractivity contribution in [1.82, 2.24) is 15.2 Å². The average molecular weight is 680 g/mol. The van der Waals surface area contributed by atoms with Gasteiger partial charge in [-0.15, -0.1) is 0 Å². The first-order valence-corrected chi connectivity index (χ1v) is 16.0. The fourth-order valence-corrected chi connectivity index (χ4v) is 5.30. The number of hydrogen-bond acceptors (Lipinski definition) is 11. The highest BCUT2D eigenvalue weighted by atomic mass is 16.7. The molecule has 49 heavy (non-hydrogen) atoms. The predicted molar refractivity (Wildman–Crippen MR) is 180 cm³/mol. The molecule has 3 amide bonds. The van der Waals surface area contributed by atoms with E-state index in [4.69, 9.17) is 28.4 Å². The topological polar surface area (TPSA) is 152 Å². The van der Waals surface area contributed by atoms with E-state index in [1.165, 1.54) is 19.4 Å². The number of carbonyl (C=O) groups is 4. The quantitative estimate of drug-likeness (QED) is 0.189. The molecular weight excluding hydrogens is 634 g/mol. The minimum absolute atomic E-state index is 0.00249. The molecule has 13 heteroatoms. The fraction of sp³-hybridized carbons (Fsp3) is 0.417. The summed E-state index contributed by atoms with van der Waals surface area (Å²) < 4.78 is 31.5. The number of aromatic nitrogens is 1. The highest BCUT2D eigenvalue weighted by Gasteiger charge is 2.40. The Labute approximate surface area is 286 Å². The molecule has 0 saturated carbocycles. The number of nitrogens with zero attached hydrogens (tertiary/aromatic N) is 2. The third kappa shape index (κ3) is 9.84. The Morgan fingerprint density at radius 3 is 1.80 bits per heavy atom. The lowest BCUT2D eigenvalue weighted by molar-refractivity contribution is -0.126. The van der Waals surface area contributed by atoms with Gasteiger partial charge in [0.05, 0.1) is 34.5 Å². The summed E-state index contributed by atoms with van der Waals surface area (Å²) in [6.45, 7) is 8.64. The number of carbonyl (C=O) groups excluding carboxylic acids is 4. The summed E-state index contributed by atoms with van der Waals surface area (Å²) in [5.41, 5.74) is 1.32. The molecule has 0 aliphatic rings. The summed E-state index contributed by atoms with van der Waals surface area (Å²) in [5, 5.41) is 3.06. The number of pyridine rings is 1. The Hall–Kier alpha value is -5.33. The number of imide groups is 1. The van der Waals surface area contributed by atoms with Gasteiger partial charge in [-0.25, -0.2) is 19.5 Å². The Bertz CT molecular complexity index is 1510. The van der Waals surface area contributed by atoms with E-state index < -0.39 is 41.8 Å². The van der Waals surface area contributed by atoms with Gasteiger partial charge in [0.1, 0.15) is 17.5 Å². The second-order valence-electron chi connectivity index (χ2n) is 11.3. The molecule has 0 unspecified atom stereocenters. The van der Waals surface area contributed by atoms with Gasteiger partial charge in [0, 0.05) is 24.2 Å². The lowest BCUT2D eigenvalue weighted by atomic mass is 9.85. The number of nitrogens with one attached hydrogen (secondary N) is 1. The molecule has 0 spiro atoms. The maximum absolute atomic E-state index is 14.3. The highest BCUT2D eigenvalue weighted by molar-refractivity contribution is 6.07. The van der Waals surface area contributed by atoms with Crippen LogP contribution >= 0.6 is 0 Å². The molecule has 1 heterocycles. The zero-order valence-corrected chi connectivity index (χ0v) is 29.2. The molecule has 13 nitrogen and oxygen atoms in total. The van der Waals surface area contributed by atoms with Crippen LogP contribution in [0.4, 0.5) is 9.59 Å². The monoisotopic (exact) mass is 679 g/mol. The molecule has 0 radical (unpaired) electrons. The van der Waals surface area contributed by atoms with Crippen molar-refractivity contribution in [3.8, 4) is 23.0 Å². The van der Waals surface area contributed by atoms with Gasteiger partial charge >= 0.3 is 12.2 Å². The van der Waals surface area contributed by atoms with Crippen LogP contribution in [0.3, 0.4) is 0 Å². The molecule has 0 aliphatic carbocycles. The average Bonchev–Trinajstić information content (AvgIpc) is 3.08. The van der Waals surface area contributed by atoms with Crippen molar-refractivity contribution in [2.24, 2.45) is 5.92 Å². The first-order valence-electron chi connectivity index (χ1n) is 16.0. The van der Waals surface area contributed by atoms with Gasteiger partial charge in [0.25, 0.3) is 5.91 Å². The minimum atomic E-state index is -1.34. The summed E-state index contributed by atoms with van der Waals surface area (Å²) in [4.78, 5) is 59.3. The summed E-state index contributed by atoms with van der Waals surface area (Å²) in [6.07, 6.45) is -0.855. The first kappa shape index (κ1) is 38.1. The van der Waals surface area contributed by atoms with E-state index in [-0.39, 0.29) is 43.0 Å². The van der Waals surface area contributed by atoms with Crippen LogP contribution < -0.4 is 24.3 Å². The molecule has 0 saturated heterocycles. The van der Waals surface area contributed by atoms with Crippen LogP contribution in [0.1, 0.15) is 68.6 Å². The van der Waals surface area contributed by atoms with Crippen molar-refractivity contribution in [2.45, 2.75) is 59.0 Å². The van der Waals surface area contributed by atoms with E-state index in [0.717, 1.165) is 11.1 Å². The normalized spacial score (nSPS) is 12.0.